The molecule has 0 aliphatic heterocycles. The van der Waals surface area contributed by atoms with Crippen molar-refractivity contribution >= 4 is 33.3 Å². The van der Waals surface area contributed by atoms with Crippen LogP contribution in [0.25, 0.3) is 32.7 Å². The molecule has 118 valence electrons. The lowest BCUT2D eigenvalue weighted by atomic mass is 10.1. The number of nitrogens with two attached hydrogens (primary N) is 1. The number of nitrogens with zero attached hydrogens (tertiary/aromatic N) is 2. The second-order valence-corrected chi connectivity index (χ2v) is 6.20. The predicted molar refractivity (Wildman–Crippen MR) is 94.0 cm³/mol. The van der Waals surface area contributed by atoms with E-state index in [4.69, 9.17) is 5.73 Å². The number of nitrogen functional groups attached to an aromatic ring is 1. The summed E-state index contributed by atoms with van der Waals surface area (Å²) in [4.78, 5) is 22.8. The van der Waals surface area contributed by atoms with E-state index in [1.165, 1.54) is 6.20 Å². The molecule has 0 unspecified atom stereocenters. The van der Waals surface area contributed by atoms with Crippen molar-refractivity contribution in [1.29, 1.82) is 0 Å². The third kappa shape index (κ3) is 2.40. The Morgan fingerprint density at radius 3 is 2.88 bits per heavy atom. The fourth-order valence-electron chi connectivity index (χ4n) is 2.63. The maximum atomic E-state index is 11.6. The molecule has 0 amide bonds. The number of thiophene rings is 1. The normalized spacial score (nSPS) is 11.0. The number of hydrogen-bond acceptors (Lipinski definition) is 5. The van der Waals surface area contributed by atoms with Crippen molar-refractivity contribution in [1.82, 2.24) is 15.0 Å². The molecule has 0 atom stereocenters. The highest BCUT2D eigenvalue weighted by Gasteiger charge is 2.18. The SMILES string of the molecule is Nc1nccc(-c2cc(C(=O)O)c(-c3ccc4sccc4c3)[nH]2)n1. The molecule has 1 aromatic carbocycles. The van der Waals surface area contributed by atoms with Crippen molar-refractivity contribution in [3.63, 3.8) is 0 Å². The van der Waals surface area contributed by atoms with Crippen LogP contribution in [0.2, 0.25) is 0 Å². The van der Waals surface area contributed by atoms with Gasteiger partial charge in [0.2, 0.25) is 5.95 Å². The van der Waals surface area contributed by atoms with Gasteiger partial charge in [0.1, 0.15) is 0 Å². The number of carboxylic acids is 1. The number of nitrogens with one attached hydrogen (secondary N) is 1. The number of rotatable bonds is 3. The fraction of sp³-hybridized carbons (Fsp3) is 0. The van der Waals surface area contributed by atoms with Gasteiger partial charge in [-0.1, -0.05) is 6.07 Å². The predicted octanol–water partition coefficient (Wildman–Crippen LogP) is 3.63. The molecule has 7 heteroatoms. The number of carbonyl (C=O) groups is 1. The summed E-state index contributed by atoms with van der Waals surface area (Å²) in [7, 11) is 0. The molecule has 3 aromatic heterocycles. The second kappa shape index (κ2) is 5.47. The van der Waals surface area contributed by atoms with E-state index >= 15 is 0 Å². The van der Waals surface area contributed by atoms with Crippen LogP contribution < -0.4 is 5.73 Å². The monoisotopic (exact) mass is 336 g/mol. The minimum absolute atomic E-state index is 0.139. The van der Waals surface area contributed by atoms with E-state index in [-0.39, 0.29) is 11.5 Å². The van der Waals surface area contributed by atoms with Gasteiger partial charge in [0, 0.05) is 10.9 Å². The Hall–Kier alpha value is -3.19. The molecular formula is C17H12N4O2S. The number of carboxylic acid groups (broad SMARTS) is 1. The van der Waals surface area contributed by atoms with Crippen LogP contribution >= 0.6 is 11.3 Å². The molecule has 6 nitrogen and oxygen atoms in total. The summed E-state index contributed by atoms with van der Waals surface area (Å²) < 4.78 is 1.16. The Morgan fingerprint density at radius 1 is 1.21 bits per heavy atom. The molecule has 0 saturated heterocycles. The summed E-state index contributed by atoms with van der Waals surface area (Å²) in [6.07, 6.45) is 1.54. The van der Waals surface area contributed by atoms with Gasteiger partial charge < -0.3 is 15.8 Å². The smallest absolute Gasteiger partial charge is 0.337 e. The van der Waals surface area contributed by atoms with Crippen molar-refractivity contribution in [2.45, 2.75) is 0 Å². The van der Waals surface area contributed by atoms with Crippen LogP contribution in [0.5, 0.6) is 0 Å². The van der Waals surface area contributed by atoms with Crippen molar-refractivity contribution in [3.05, 3.63) is 53.5 Å². The highest BCUT2D eigenvalue weighted by molar-refractivity contribution is 7.17. The van der Waals surface area contributed by atoms with E-state index in [0.717, 1.165) is 15.6 Å². The van der Waals surface area contributed by atoms with E-state index in [2.05, 4.69) is 15.0 Å². The lowest BCUT2D eigenvalue weighted by Crippen LogP contribution is -1.96. The highest BCUT2D eigenvalue weighted by Crippen LogP contribution is 2.31. The third-order valence-electron chi connectivity index (χ3n) is 3.74. The quantitative estimate of drug-likeness (QED) is 0.530. The van der Waals surface area contributed by atoms with Gasteiger partial charge in [-0.3, -0.25) is 0 Å². The lowest BCUT2D eigenvalue weighted by Gasteiger charge is -2.02. The first-order valence-electron chi connectivity index (χ1n) is 7.14. The first-order valence-corrected chi connectivity index (χ1v) is 8.02. The van der Waals surface area contributed by atoms with Gasteiger partial charge in [0.05, 0.1) is 22.6 Å². The minimum Gasteiger partial charge on any atom is -0.478 e. The Bertz CT molecular complexity index is 1070. The Labute approximate surface area is 140 Å². The van der Waals surface area contributed by atoms with Crippen molar-refractivity contribution in [2.24, 2.45) is 0 Å². The number of H-pyrrole nitrogens is 1. The summed E-state index contributed by atoms with van der Waals surface area (Å²) in [5, 5.41) is 12.6. The molecule has 0 aliphatic carbocycles. The van der Waals surface area contributed by atoms with Crippen LogP contribution in [-0.2, 0) is 0 Å². The van der Waals surface area contributed by atoms with E-state index in [1.54, 1.807) is 23.5 Å². The Kier molecular flexibility index (Phi) is 3.28. The van der Waals surface area contributed by atoms with E-state index in [0.29, 0.717) is 17.1 Å². The van der Waals surface area contributed by atoms with Crippen LogP contribution in [0.4, 0.5) is 5.95 Å². The van der Waals surface area contributed by atoms with Crippen LogP contribution in [-0.4, -0.2) is 26.0 Å². The number of anilines is 1. The summed E-state index contributed by atoms with van der Waals surface area (Å²) in [6, 6.07) is 11.1. The Balaban J connectivity index is 1.89. The zero-order chi connectivity index (χ0) is 16.7. The number of benzene rings is 1. The summed E-state index contributed by atoms with van der Waals surface area (Å²) >= 11 is 1.65. The van der Waals surface area contributed by atoms with Crippen LogP contribution in [0.15, 0.2) is 48.0 Å². The van der Waals surface area contributed by atoms with Crippen molar-refractivity contribution < 1.29 is 9.90 Å². The molecule has 0 fully saturated rings. The number of aromatic amines is 1. The highest BCUT2D eigenvalue weighted by atomic mass is 32.1. The van der Waals surface area contributed by atoms with Crippen LogP contribution in [0.3, 0.4) is 0 Å². The number of hydrogen-bond donors (Lipinski definition) is 3. The molecule has 0 aliphatic rings. The number of fused-ring (bicyclic) bond motifs is 1. The lowest BCUT2D eigenvalue weighted by molar-refractivity contribution is 0.0698. The third-order valence-corrected chi connectivity index (χ3v) is 4.64. The molecule has 0 bridgehead atoms. The molecule has 24 heavy (non-hydrogen) atoms. The molecule has 4 aromatic rings. The molecule has 0 spiro atoms. The van der Waals surface area contributed by atoms with E-state index < -0.39 is 5.97 Å². The van der Waals surface area contributed by atoms with Gasteiger partial charge >= 0.3 is 5.97 Å². The van der Waals surface area contributed by atoms with Gasteiger partial charge in [-0.05, 0) is 46.7 Å². The molecule has 3 heterocycles. The van der Waals surface area contributed by atoms with Crippen molar-refractivity contribution in [2.75, 3.05) is 5.73 Å². The molecular weight excluding hydrogens is 324 g/mol. The first-order chi connectivity index (χ1) is 11.6. The topological polar surface area (TPSA) is 105 Å². The molecule has 0 saturated carbocycles. The number of aromatic carboxylic acids is 1. The summed E-state index contributed by atoms with van der Waals surface area (Å²) in [6.45, 7) is 0. The largest absolute Gasteiger partial charge is 0.478 e. The van der Waals surface area contributed by atoms with E-state index in [9.17, 15) is 9.90 Å². The average molecular weight is 336 g/mol. The second-order valence-electron chi connectivity index (χ2n) is 5.25. The summed E-state index contributed by atoms with van der Waals surface area (Å²) in [5.74, 6) is -0.861. The zero-order valence-corrected chi connectivity index (χ0v) is 13.2. The van der Waals surface area contributed by atoms with Crippen LogP contribution in [0.1, 0.15) is 10.4 Å². The summed E-state index contributed by atoms with van der Waals surface area (Å²) in [5.41, 5.74) is 8.29. The van der Waals surface area contributed by atoms with Gasteiger partial charge in [-0.15, -0.1) is 11.3 Å². The Morgan fingerprint density at radius 2 is 2.08 bits per heavy atom. The number of aromatic nitrogens is 3. The first kappa shape index (κ1) is 14.4. The maximum Gasteiger partial charge on any atom is 0.337 e. The zero-order valence-electron chi connectivity index (χ0n) is 12.4. The van der Waals surface area contributed by atoms with Gasteiger partial charge in [-0.25, -0.2) is 14.8 Å². The average Bonchev–Trinajstić information content (AvgIpc) is 3.21. The van der Waals surface area contributed by atoms with E-state index in [1.807, 2.05) is 29.6 Å². The minimum atomic E-state index is -1.00. The fourth-order valence-corrected chi connectivity index (χ4v) is 3.41. The van der Waals surface area contributed by atoms with Crippen LogP contribution in [0, 0.1) is 0 Å². The maximum absolute atomic E-state index is 11.6. The molecule has 4 N–H and O–H groups in total. The molecule has 0 radical (unpaired) electrons. The van der Waals surface area contributed by atoms with Gasteiger partial charge in [0.15, 0.2) is 0 Å². The van der Waals surface area contributed by atoms with Gasteiger partial charge in [-0.2, -0.15) is 0 Å². The standard InChI is InChI=1S/C17H12N4O2S/c18-17-19-5-3-12(21-17)13-8-11(16(22)23)15(20-13)10-1-2-14-9(7-10)4-6-24-14/h1-8,20H,(H,22,23)(H2,18,19,21). The molecule has 4 rings (SSSR count). The van der Waals surface area contributed by atoms with Crippen molar-refractivity contribution in [3.8, 4) is 22.6 Å². The van der Waals surface area contributed by atoms with Gasteiger partial charge in [0.25, 0.3) is 0 Å².